The first kappa shape index (κ1) is 9.51. The Kier molecular flexibility index (Phi) is 3.03. The summed E-state index contributed by atoms with van der Waals surface area (Å²) in [6, 6.07) is 0. The molecule has 1 aromatic heterocycles. The molecule has 0 aliphatic carbocycles. The highest BCUT2D eigenvalue weighted by atomic mass is 32.2. The Hall–Kier alpha value is -1.04. The van der Waals surface area contributed by atoms with Crippen LogP contribution in [0.5, 0.6) is 0 Å². The third-order valence-corrected chi connectivity index (χ3v) is 3.29. The maximum absolute atomic E-state index is 11.5. The fraction of sp³-hybridized carbons (Fsp3) is 0.625. The Morgan fingerprint density at radius 2 is 2.43 bits per heavy atom. The Labute approximate surface area is 86.1 Å². The van der Waals surface area contributed by atoms with Crippen molar-refractivity contribution in [1.82, 2.24) is 20.5 Å². The van der Waals surface area contributed by atoms with Gasteiger partial charge in [-0.15, -0.1) is 0 Å². The summed E-state index contributed by atoms with van der Waals surface area (Å²) in [7, 11) is 0. The Morgan fingerprint density at radius 1 is 1.50 bits per heavy atom. The van der Waals surface area contributed by atoms with Crippen molar-refractivity contribution in [3.05, 3.63) is 6.33 Å². The molecule has 2 N–H and O–H groups in total. The first-order valence-corrected chi connectivity index (χ1v) is 5.54. The lowest BCUT2D eigenvalue weighted by molar-refractivity contribution is -0.120. The summed E-state index contributed by atoms with van der Waals surface area (Å²) in [6.45, 7) is 0.798. The quantitative estimate of drug-likeness (QED) is 0.751. The second-order valence-electron chi connectivity index (χ2n) is 3.18. The van der Waals surface area contributed by atoms with Crippen molar-refractivity contribution in [3.8, 4) is 0 Å². The van der Waals surface area contributed by atoms with E-state index in [1.54, 1.807) is 0 Å². The number of carbonyl (C=O) groups is 1. The van der Waals surface area contributed by atoms with Crippen molar-refractivity contribution >= 4 is 17.7 Å². The molecule has 5 nitrogen and oxygen atoms in total. The van der Waals surface area contributed by atoms with Crippen LogP contribution in [0.1, 0.15) is 19.3 Å². The third kappa shape index (κ3) is 2.25. The molecule has 1 saturated heterocycles. The molecule has 1 aromatic rings. The van der Waals surface area contributed by atoms with Gasteiger partial charge in [-0.3, -0.25) is 9.89 Å². The van der Waals surface area contributed by atoms with Crippen LogP contribution in [0.3, 0.4) is 0 Å². The molecule has 0 saturated carbocycles. The van der Waals surface area contributed by atoms with E-state index in [-0.39, 0.29) is 11.2 Å². The number of aromatic amines is 1. The Bertz CT molecular complexity index is 300. The van der Waals surface area contributed by atoms with Crippen molar-refractivity contribution in [2.75, 3.05) is 6.54 Å². The predicted molar refractivity (Wildman–Crippen MR) is 52.9 cm³/mol. The van der Waals surface area contributed by atoms with Gasteiger partial charge in [0.15, 0.2) is 5.16 Å². The second kappa shape index (κ2) is 4.45. The molecule has 0 aromatic carbocycles. The first-order valence-electron chi connectivity index (χ1n) is 4.66. The number of thioether (sulfide) groups is 1. The van der Waals surface area contributed by atoms with Gasteiger partial charge in [-0.05, 0) is 12.8 Å². The van der Waals surface area contributed by atoms with Crippen LogP contribution >= 0.6 is 11.8 Å². The van der Waals surface area contributed by atoms with Crippen LogP contribution in [0.2, 0.25) is 0 Å². The van der Waals surface area contributed by atoms with E-state index >= 15 is 0 Å². The molecule has 1 amide bonds. The minimum absolute atomic E-state index is 0.0227. The lowest BCUT2D eigenvalue weighted by Gasteiger charge is -2.09. The van der Waals surface area contributed by atoms with Gasteiger partial charge >= 0.3 is 0 Å². The summed E-state index contributed by atoms with van der Waals surface area (Å²) < 4.78 is 0. The molecule has 76 valence electrons. The summed E-state index contributed by atoms with van der Waals surface area (Å²) in [5.41, 5.74) is 0. The molecule has 2 heterocycles. The van der Waals surface area contributed by atoms with Crippen LogP contribution < -0.4 is 5.32 Å². The van der Waals surface area contributed by atoms with Gasteiger partial charge < -0.3 is 5.32 Å². The van der Waals surface area contributed by atoms with Crippen LogP contribution in [-0.2, 0) is 4.79 Å². The third-order valence-electron chi connectivity index (χ3n) is 2.13. The monoisotopic (exact) mass is 212 g/mol. The van der Waals surface area contributed by atoms with Gasteiger partial charge in [-0.1, -0.05) is 18.2 Å². The standard InChI is InChI=1S/C8H12N4OS/c13-7-6(3-1-2-4-9-7)14-8-10-5-11-12-8/h5-6H,1-4H2,(H,9,13)(H,10,11,12)/t6-/m1/s1. The number of H-pyrrole nitrogens is 1. The zero-order chi connectivity index (χ0) is 9.80. The molecule has 1 atom stereocenters. The maximum Gasteiger partial charge on any atom is 0.233 e. The molecule has 0 bridgehead atoms. The summed E-state index contributed by atoms with van der Waals surface area (Å²) >= 11 is 1.45. The van der Waals surface area contributed by atoms with Crippen molar-refractivity contribution in [2.45, 2.75) is 29.7 Å². The van der Waals surface area contributed by atoms with Crippen LogP contribution in [0.4, 0.5) is 0 Å². The van der Waals surface area contributed by atoms with E-state index in [0.717, 1.165) is 25.8 Å². The molecule has 14 heavy (non-hydrogen) atoms. The van der Waals surface area contributed by atoms with Gasteiger partial charge in [0.1, 0.15) is 6.33 Å². The van der Waals surface area contributed by atoms with E-state index in [1.165, 1.54) is 18.1 Å². The number of hydrogen-bond acceptors (Lipinski definition) is 4. The summed E-state index contributed by atoms with van der Waals surface area (Å²) in [4.78, 5) is 15.5. The number of hydrogen-bond donors (Lipinski definition) is 2. The van der Waals surface area contributed by atoms with Gasteiger partial charge in [0.05, 0.1) is 5.25 Å². The van der Waals surface area contributed by atoms with Crippen LogP contribution in [0.15, 0.2) is 11.5 Å². The van der Waals surface area contributed by atoms with E-state index in [0.29, 0.717) is 5.16 Å². The van der Waals surface area contributed by atoms with Crippen molar-refractivity contribution in [2.24, 2.45) is 0 Å². The molecule has 0 spiro atoms. The number of amides is 1. The smallest absolute Gasteiger partial charge is 0.233 e. The van der Waals surface area contributed by atoms with Gasteiger partial charge in [-0.25, -0.2) is 4.98 Å². The fourth-order valence-corrected chi connectivity index (χ4v) is 2.37. The summed E-state index contributed by atoms with van der Waals surface area (Å²) in [6.07, 6.45) is 4.53. The fourth-order valence-electron chi connectivity index (χ4n) is 1.41. The lowest BCUT2D eigenvalue weighted by atomic mass is 10.2. The topological polar surface area (TPSA) is 70.7 Å². The molecule has 6 heteroatoms. The average molecular weight is 212 g/mol. The van der Waals surface area contributed by atoms with E-state index < -0.39 is 0 Å². The van der Waals surface area contributed by atoms with E-state index in [4.69, 9.17) is 0 Å². The minimum Gasteiger partial charge on any atom is -0.355 e. The number of aromatic nitrogens is 3. The number of rotatable bonds is 2. The molecule has 2 rings (SSSR count). The van der Waals surface area contributed by atoms with Gasteiger partial charge in [0.25, 0.3) is 0 Å². The van der Waals surface area contributed by atoms with Crippen molar-refractivity contribution in [3.63, 3.8) is 0 Å². The van der Waals surface area contributed by atoms with Crippen LogP contribution in [0.25, 0.3) is 0 Å². The zero-order valence-corrected chi connectivity index (χ0v) is 8.51. The van der Waals surface area contributed by atoms with E-state index in [1.807, 2.05) is 0 Å². The first-order chi connectivity index (χ1) is 6.86. The van der Waals surface area contributed by atoms with Crippen molar-refractivity contribution < 1.29 is 4.79 Å². The maximum atomic E-state index is 11.5. The lowest BCUT2D eigenvalue weighted by Crippen LogP contribution is -2.30. The highest BCUT2D eigenvalue weighted by Gasteiger charge is 2.22. The Morgan fingerprint density at radius 3 is 3.21 bits per heavy atom. The molecule has 1 aliphatic rings. The van der Waals surface area contributed by atoms with Gasteiger partial charge in [0, 0.05) is 6.54 Å². The highest BCUT2D eigenvalue weighted by molar-refractivity contribution is 8.00. The van der Waals surface area contributed by atoms with Gasteiger partial charge in [0.2, 0.25) is 5.91 Å². The number of nitrogens with one attached hydrogen (secondary N) is 2. The summed E-state index contributed by atoms with van der Waals surface area (Å²) in [5, 5.41) is 10.1. The predicted octanol–water partition coefficient (Wildman–Crippen LogP) is 0.565. The highest BCUT2D eigenvalue weighted by Crippen LogP contribution is 2.24. The molecular formula is C8H12N4OS. The normalized spacial score (nSPS) is 22.9. The van der Waals surface area contributed by atoms with E-state index in [9.17, 15) is 4.79 Å². The average Bonchev–Trinajstić information content (AvgIpc) is 2.60. The number of nitrogens with zero attached hydrogens (tertiary/aromatic N) is 2. The van der Waals surface area contributed by atoms with E-state index in [2.05, 4.69) is 20.5 Å². The molecular weight excluding hydrogens is 200 g/mol. The zero-order valence-electron chi connectivity index (χ0n) is 7.69. The molecule has 0 unspecified atom stereocenters. The SMILES string of the molecule is O=C1NCCCC[C@H]1Sc1ncn[nH]1. The van der Waals surface area contributed by atoms with Crippen molar-refractivity contribution in [1.29, 1.82) is 0 Å². The number of carbonyl (C=O) groups excluding carboxylic acids is 1. The van der Waals surface area contributed by atoms with Gasteiger partial charge in [-0.2, -0.15) is 5.10 Å². The van der Waals surface area contributed by atoms with Crippen LogP contribution in [0, 0.1) is 0 Å². The molecule has 1 aliphatic heterocycles. The largest absolute Gasteiger partial charge is 0.355 e. The molecule has 0 radical (unpaired) electrons. The van der Waals surface area contributed by atoms with Crippen LogP contribution in [-0.4, -0.2) is 32.9 Å². The minimum atomic E-state index is -0.0227. The summed E-state index contributed by atoms with van der Waals surface area (Å²) in [5.74, 6) is 0.115. The Balaban J connectivity index is 1.98. The second-order valence-corrected chi connectivity index (χ2v) is 4.38. The molecule has 1 fully saturated rings.